The van der Waals surface area contributed by atoms with Gasteiger partial charge in [-0.15, -0.1) is 10.2 Å². The van der Waals surface area contributed by atoms with Gasteiger partial charge in [0.2, 0.25) is 11.0 Å². The summed E-state index contributed by atoms with van der Waals surface area (Å²) in [5.41, 5.74) is 5.24. The quantitative estimate of drug-likeness (QED) is 0.858. The van der Waals surface area contributed by atoms with Crippen molar-refractivity contribution in [2.75, 3.05) is 18.5 Å². The number of carbonyl (C=O) groups excluding carboxylic acids is 1. The third-order valence-corrected chi connectivity index (χ3v) is 4.13. The molecule has 1 saturated heterocycles. The Hall–Kier alpha value is -1.05. The zero-order chi connectivity index (χ0) is 13.2. The highest BCUT2D eigenvalue weighted by atomic mass is 32.1. The van der Waals surface area contributed by atoms with Gasteiger partial charge >= 0.3 is 0 Å². The standard InChI is InChI=1S/C11H18N4O2S/c1-7(2)8-14-15-10(18-8)13-9(16)11(12)3-5-17-6-4-11/h7H,3-6,12H2,1-2H3,(H,13,15,16). The average molecular weight is 270 g/mol. The predicted molar refractivity (Wildman–Crippen MR) is 69.6 cm³/mol. The molecule has 18 heavy (non-hydrogen) atoms. The highest BCUT2D eigenvalue weighted by Gasteiger charge is 2.36. The van der Waals surface area contributed by atoms with Crippen molar-refractivity contribution in [1.29, 1.82) is 0 Å². The molecule has 1 aliphatic heterocycles. The number of nitrogens with two attached hydrogens (primary N) is 1. The van der Waals surface area contributed by atoms with Gasteiger partial charge in [-0.1, -0.05) is 25.2 Å². The first-order valence-electron chi connectivity index (χ1n) is 6.03. The minimum Gasteiger partial charge on any atom is -0.381 e. The summed E-state index contributed by atoms with van der Waals surface area (Å²) in [4.78, 5) is 12.1. The minimum absolute atomic E-state index is 0.197. The lowest BCUT2D eigenvalue weighted by molar-refractivity contribution is -0.124. The van der Waals surface area contributed by atoms with Crippen molar-refractivity contribution in [2.45, 2.75) is 38.1 Å². The molecule has 0 aromatic carbocycles. The van der Waals surface area contributed by atoms with E-state index < -0.39 is 5.54 Å². The summed E-state index contributed by atoms with van der Waals surface area (Å²) in [6.45, 7) is 5.12. The van der Waals surface area contributed by atoms with E-state index in [9.17, 15) is 4.79 Å². The van der Waals surface area contributed by atoms with Crippen molar-refractivity contribution in [3.05, 3.63) is 5.01 Å². The summed E-state index contributed by atoms with van der Waals surface area (Å²) in [7, 11) is 0. The summed E-state index contributed by atoms with van der Waals surface area (Å²) < 4.78 is 5.22. The van der Waals surface area contributed by atoms with E-state index >= 15 is 0 Å². The molecule has 6 nitrogen and oxygen atoms in total. The monoisotopic (exact) mass is 270 g/mol. The van der Waals surface area contributed by atoms with Crippen LogP contribution in [0.5, 0.6) is 0 Å². The van der Waals surface area contributed by atoms with Crippen molar-refractivity contribution in [3.63, 3.8) is 0 Å². The molecule has 0 aliphatic carbocycles. The Morgan fingerprint density at radius 2 is 2.11 bits per heavy atom. The molecule has 0 bridgehead atoms. The van der Waals surface area contributed by atoms with E-state index in [-0.39, 0.29) is 5.91 Å². The van der Waals surface area contributed by atoms with Gasteiger partial charge < -0.3 is 10.5 Å². The highest BCUT2D eigenvalue weighted by molar-refractivity contribution is 7.15. The second-order valence-electron chi connectivity index (χ2n) is 4.82. The number of hydrogen-bond donors (Lipinski definition) is 2. The number of aromatic nitrogens is 2. The SMILES string of the molecule is CC(C)c1nnc(NC(=O)C2(N)CCOCC2)s1. The Balaban J connectivity index is 2.01. The van der Waals surface area contributed by atoms with Gasteiger partial charge in [-0.05, 0) is 12.8 Å². The normalized spacial score (nSPS) is 18.9. The van der Waals surface area contributed by atoms with Gasteiger partial charge in [-0.3, -0.25) is 10.1 Å². The second kappa shape index (κ2) is 5.29. The first kappa shape index (κ1) is 13.4. The van der Waals surface area contributed by atoms with Crippen LogP contribution in [0, 0.1) is 0 Å². The predicted octanol–water partition coefficient (Wildman–Crippen LogP) is 1.11. The molecule has 3 N–H and O–H groups in total. The molecule has 2 rings (SSSR count). The summed E-state index contributed by atoms with van der Waals surface area (Å²) in [5, 5.41) is 12.2. The number of anilines is 1. The fourth-order valence-electron chi connectivity index (χ4n) is 1.70. The Kier molecular flexibility index (Phi) is 3.94. The maximum Gasteiger partial charge on any atom is 0.246 e. The van der Waals surface area contributed by atoms with E-state index in [1.54, 1.807) is 0 Å². The van der Waals surface area contributed by atoms with Gasteiger partial charge in [0, 0.05) is 19.1 Å². The third-order valence-electron chi connectivity index (χ3n) is 2.99. The smallest absolute Gasteiger partial charge is 0.246 e. The van der Waals surface area contributed by atoms with Gasteiger partial charge in [-0.2, -0.15) is 0 Å². The van der Waals surface area contributed by atoms with E-state index in [1.165, 1.54) is 11.3 Å². The topological polar surface area (TPSA) is 90.1 Å². The largest absolute Gasteiger partial charge is 0.381 e. The first-order valence-corrected chi connectivity index (χ1v) is 6.84. The van der Waals surface area contributed by atoms with E-state index in [0.717, 1.165) is 5.01 Å². The summed E-state index contributed by atoms with van der Waals surface area (Å²) in [5.74, 6) is 0.111. The number of carbonyl (C=O) groups is 1. The van der Waals surface area contributed by atoms with Crippen LogP contribution in [0.25, 0.3) is 0 Å². The van der Waals surface area contributed by atoms with Gasteiger partial charge in [0.25, 0.3) is 0 Å². The number of nitrogens with one attached hydrogen (secondary N) is 1. The lowest BCUT2D eigenvalue weighted by Gasteiger charge is -2.31. The lowest BCUT2D eigenvalue weighted by atomic mass is 9.90. The van der Waals surface area contributed by atoms with Crippen LogP contribution in [0.1, 0.15) is 37.6 Å². The second-order valence-corrected chi connectivity index (χ2v) is 5.83. The summed E-state index contributed by atoms with van der Waals surface area (Å²) in [6.07, 6.45) is 1.07. The van der Waals surface area contributed by atoms with Crippen LogP contribution in [0.4, 0.5) is 5.13 Å². The van der Waals surface area contributed by atoms with Crippen LogP contribution >= 0.6 is 11.3 Å². The van der Waals surface area contributed by atoms with Crippen LogP contribution in [-0.2, 0) is 9.53 Å². The van der Waals surface area contributed by atoms with Crippen LogP contribution < -0.4 is 11.1 Å². The van der Waals surface area contributed by atoms with Crippen LogP contribution in [-0.4, -0.2) is 34.9 Å². The van der Waals surface area contributed by atoms with Crippen LogP contribution in [0.15, 0.2) is 0 Å². The molecule has 7 heteroatoms. The molecule has 0 saturated carbocycles. The molecular weight excluding hydrogens is 252 g/mol. The van der Waals surface area contributed by atoms with Crippen molar-refractivity contribution >= 4 is 22.4 Å². The van der Waals surface area contributed by atoms with Crippen molar-refractivity contribution in [2.24, 2.45) is 5.73 Å². The Labute approximate surface area is 110 Å². The zero-order valence-corrected chi connectivity index (χ0v) is 11.4. The maximum absolute atomic E-state index is 12.1. The van der Waals surface area contributed by atoms with Gasteiger partial charge in [0.1, 0.15) is 10.5 Å². The Bertz CT molecular complexity index is 426. The molecule has 1 amide bonds. The molecule has 0 spiro atoms. The molecule has 0 unspecified atom stereocenters. The average Bonchev–Trinajstić information content (AvgIpc) is 2.78. The molecular formula is C11H18N4O2S. The number of hydrogen-bond acceptors (Lipinski definition) is 6. The van der Waals surface area contributed by atoms with Gasteiger partial charge in [0.05, 0.1) is 0 Å². The summed E-state index contributed by atoms with van der Waals surface area (Å²) >= 11 is 1.39. The number of nitrogens with zero attached hydrogens (tertiary/aromatic N) is 2. The highest BCUT2D eigenvalue weighted by Crippen LogP contribution is 2.24. The van der Waals surface area contributed by atoms with Crippen molar-refractivity contribution in [1.82, 2.24) is 10.2 Å². The zero-order valence-electron chi connectivity index (χ0n) is 10.6. The van der Waals surface area contributed by atoms with Crippen LogP contribution in [0.3, 0.4) is 0 Å². The maximum atomic E-state index is 12.1. The number of amides is 1. The molecule has 1 aromatic heterocycles. The lowest BCUT2D eigenvalue weighted by Crippen LogP contribution is -2.54. The first-order chi connectivity index (χ1) is 8.51. The molecule has 1 aliphatic rings. The summed E-state index contributed by atoms with van der Waals surface area (Å²) in [6, 6.07) is 0. The van der Waals surface area contributed by atoms with Crippen molar-refractivity contribution in [3.8, 4) is 0 Å². The molecule has 0 atom stereocenters. The van der Waals surface area contributed by atoms with Crippen molar-refractivity contribution < 1.29 is 9.53 Å². The molecule has 1 aromatic rings. The fourth-order valence-corrected chi connectivity index (χ4v) is 2.44. The fraction of sp³-hybridized carbons (Fsp3) is 0.727. The van der Waals surface area contributed by atoms with Gasteiger partial charge in [-0.25, -0.2) is 0 Å². The van der Waals surface area contributed by atoms with E-state index in [2.05, 4.69) is 15.5 Å². The Morgan fingerprint density at radius 1 is 1.44 bits per heavy atom. The molecule has 2 heterocycles. The minimum atomic E-state index is -0.845. The number of ether oxygens (including phenoxy) is 1. The van der Waals surface area contributed by atoms with Gasteiger partial charge in [0.15, 0.2) is 0 Å². The Morgan fingerprint density at radius 3 is 2.67 bits per heavy atom. The van der Waals surface area contributed by atoms with E-state index in [1.807, 2.05) is 13.8 Å². The van der Waals surface area contributed by atoms with E-state index in [4.69, 9.17) is 10.5 Å². The molecule has 0 radical (unpaired) electrons. The number of rotatable bonds is 3. The molecule has 100 valence electrons. The van der Waals surface area contributed by atoms with Crippen LogP contribution in [0.2, 0.25) is 0 Å². The third kappa shape index (κ3) is 2.85. The molecule has 1 fully saturated rings. The van der Waals surface area contributed by atoms with E-state index in [0.29, 0.717) is 37.1 Å².